The Hall–Kier alpha value is -1.20. The Labute approximate surface area is 69.9 Å². The van der Waals surface area contributed by atoms with Crippen molar-refractivity contribution < 1.29 is 9.85 Å². The van der Waals surface area contributed by atoms with E-state index in [1.807, 2.05) is 0 Å². The minimum Gasteiger partial charge on any atom is -0.265 e. The summed E-state index contributed by atoms with van der Waals surface area (Å²) in [6.45, 7) is -0.0586. The van der Waals surface area contributed by atoms with Crippen LogP contribution in [0.1, 0.15) is 25.7 Å². The highest BCUT2D eigenvalue weighted by molar-refractivity contribution is 4.41. The smallest absolute Gasteiger partial charge is 0.203 e. The molecule has 0 spiro atoms. The fraction of sp³-hybridized carbons (Fsp3) is 1.00. The quantitative estimate of drug-likeness (QED) is 0.330. The maximum Gasteiger partial charge on any atom is 0.203 e. The third-order valence-corrected chi connectivity index (χ3v) is 1.43. The first-order valence-electron chi connectivity index (χ1n) is 3.86. The highest BCUT2D eigenvalue weighted by atomic mass is 16.6. The second-order valence-corrected chi connectivity index (χ2v) is 2.53. The van der Waals surface area contributed by atoms with Gasteiger partial charge in [0, 0.05) is 22.7 Å². The van der Waals surface area contributed by atoms with Crippen molar-refractivity contribution in [3.8, 4) is 0 Å². The van der Waals surface area contributed by atoms with Crippen LogP contribution in [0.5, 0.6) is 0 Å². The third-order valence-electron chi connectivity index (χ3n) is 1.43. The van der Waals surface area contributed by atoms with Gasteiger partial charge >= 0.3 is 0 Å². The lowest BCUT2D eigenvalue weighted by Crippen LogP contribution is -2.02. The van der Waals surface area contributed by atoms with Gasteiger partial charge in [0.2, 0.25) is 13.1 Å². The van der Waals surface area contributed by atoms with Gasteiger partial charge in [-0.15, -0.1) is 0 Å². The standard InChI is InChI=1S/C6H12N2O4/c9-7(10)5-3-1-2-4-6-8(11)12/h1-6H2. The first-order valence-corrected chi connectivity index (χ1v) is 3.86. The molecule has 0 aromatic rings. The zero-order valence-corrected chi connectivity index (χ0v) is 6.77. The predicted octanol–water partition coefficient (Wildman–Crippen LogP) is 1.10. The highest BCUT2D eigenvalue weighted by Crippen LogP contribution is 1.99. The molecule has 0 atom stereocenters. The Kier molecular flexibility index (Phi) is 5.86. The van der Waals surface area contributed by atoms with Gasteiger partial charge in [-0.05, 0) is 12.8 Å². The van der Waals surface area contributed by atoms with Gasteiger partial charge in [-0.3, -0.25) is 20.2 Å². The molecule has 0 saturated carbocycles. The molecule has 0 amide bonds. The Bertz CT molecular complexity index is 142. The van der Waals surface area contributed by atoms with Gasteiger partial charge in [0.15, 0.2) is 0 Å². The van der Waals surface area contributed by atoms with Crippen molar-refractivity contribution in [1.29, 1.82) is 0 Å². The van der Waals surface area contributed by atoms with E-state index < -0.39 is 0 Å². The topological polar surface area (TPSA) is 86.3 Å². The summed E-state index contributed by atoms with van der Waals surface area (Å²) in [5.74, 6) is 0. The Morgan fingerprint density at radius 2 is 1.08 bits per heavy atom. The van der Waals surface area contributed by atoms with Crippen LogP contribution < -0.4 is 0 Å². The molecule has 0 fully saturated rings. The number of hydrogen-bond acceptors (Lipinski definition) is 4. The number of nitro groups is 2. The largest absolute Gasteiger partial charge is 0.265 e. The summed E-state index contributed by atoms with van der Waals surface area (Å²) in [6, 6.07) is 0. The molecule has 0 N–H and O–H groups in total. The fourth-order valence-corrected chi connectivity index (χ4v) is 0.835. The van der Waals surface area contributed by atoms with Gasteiger partial charge in [0.1, 0.15) is 0 Å². The van der Waals surface area contributed by atoms with Crippen LogP contribution in [0.3, 0.4) is 0 Å². The molecule has 0 aliphatic carbocycles. The van der Waals surface area contributed by atoms with Crippen molar-refractivity contribution in [3.63, 3.8) is 0 Å². The Morgan fingerprint density at radius 1 is 0.750 bits per heavy atom. The van der Waals surface area contributed by atoms with Gasteiger partial charge in [-0.1, -0.05) is 0 Å². The van der Waals surface area contributed by atoms with E-state index in [0.717, 1.165) is 0 Å². The summed E-state index contributed by atoms with van der Waals surface area (Å²) in [6.07, 6.45) is 2.44. The van der Waals surface area contributed by atoms with Crippen LogP contribution in [-0.2, 0) is 0 Å². The summed E-state index contributed by atoms with van der Waals surface area (Å²) < 4.78 is 0. The van der Waals surface area contributed by atoms with Crippen molar-refractivity contribution in [1.82, 2.24) is 0 Å². The predicted molar refractivity (Wildman–Crippen MR) is 42.2 cm³/mol. The molecule has 70 valence electrons. The molecular formula is C6H12N2O4. The van der Waals surface area contributed by atoms with Crippen LogP contribution in [0.25, 0.3) is 0 Å². The summed E-state index contributed by atoms with van der Waals surface area (Å²) in [4.78, 5) is 18.9. The molecule has 0 aliphatic heterocycles. The van der Waals surface area contributed by atoms with Crippen LogP contribution in [-0.4, -0.2) is 22.9 Å². The van der Waals surface area contributed by atoms with Crippen molar-refractivity contribution in [2.45, 2.75) is 25.7 Å². The van der Waals surface area contributed by atoms with E-state index in [1.165, 1.54) is 0 Å². The number of rotatable bonds is 7. The first-order chi connectivity index (χ1) is 5.63. The SMILES string of the molecule is O=[N+]([O-])CCCCCC[N+](=O)[O-]. The van der Waals surface area contributed by atoms with Crippen LogP contribution >= 0.6 is 0 Å². The average Bonchev–Trinajstić information content (AvgIpc) is 1.95. The minimum absolute atomic E-state index is 0.0293. The zero-order valence-electron chi connectivity index (χ0n) is 6.77. The fourth-order valence-electron chi connectivity index (χ4n) is 0.835. The molecule has 6 nitrogen and oxygen atoms in total. The maximum absolute atomic E-state index is 9.84. The van der Waals surface area contributed by atoms with Gasteiger partial charge in [-0.25, -0.2) is 0 Å². The van der Waals surface area contributed by atoms with Gasteiger partial charge in [-0.2, -0.15) is 0 Å². The van der Waals surface area contributed by atoms with Gasteiger partial charge in [0.05, 0.1) is 0 Å². The molecule has 0 heterocycles. The number of nitrogens with zero attached hydrogens (tertiary/aromatic N) is 2. The third kappa shape index (κ3) is 8.80. The summed E-state index contributed by atoms with van der Waals surface area (Å²) >= 11 is 0. The second-order valence-electron chi connectivity index (χ2n) is 2.53. The molecule has 12 heavy (non-hydrogen) atoms. The first kappa shape index (κ1) is 10.8. The van der Waals surface area contributed by atoms with Crippen LogP contribution in [0.2, 0.25) is 0 Å². The average molecular weight is 176 g/mol. The van der Waals surface area contributed by atoms with Gasteiger partial charge in [0.25, 0.3) is 0 Å². The molecule has 0 radical (unpaired) electrons. The molecule has 0 unspecified atom stereocenters. The van der Waals surface area contributed by atoms with Crippen LogP contribution in [0.15, 0.2) is 0 Å². The monoisotopic (exact) mass is 176 g/mol. The number of hydrogen-bond donors (Lipinski definition) is 0. The number of unbranched alkanes of at least 4 members (excludes halogenated alkanes) is 3. The molecule has 6 heteroatoms. The van der Waals surface area contributed by atoms with Gasteiger partial charge < -0.3 is 0 Å². The lowest BCUT2D eigenvalue weighted by molar-refractivity contribution is -0.482. The van der Waals surface area contributed by atoms with E-state index in [1.54, 1.807) is 0 Å². The van der Waals surface area contributed by atoms with E-state index in [-0.39, 0.29) is 22.9 Å². The molecule has 0 aromatic carbocycles. The minimum atomic E-state index is -0.368. The Morgan fingerprint density at radius 3 is 1.33 bits per heavy atom. The van der Waals surface area contributed by atoms with Crippen LogP contribution in [0, 0.1) is 20.2 Å². The molecular weight excluding hydrogens is 164 g/mol. The molecule has 0 rings (SSSR count). The normalized spacial score (nSPS) is 9.67. The highest BCUT2D eigenvalue weighted by Gasteiger charge is 1.99. The van der Waals surface area contributed by atoms with E-state index in [2.05, 4.69) is 0 Å². The Balaban J connectivity index is 3.01. The summed E-state index contributed by atoms with van der Waals surface area (Å²) in [5.41, 5.74) is 0. The molecule has 0 aromatic heterocycles. The summed E-state index contributed by atoms with van der Waals surface area (Å²) in [5, 5.41) is 19.7. The van der Waals surface area contributed by atoms with Crippen molar-refractivity contribution in [2.24, 2.45) is 0 Å². The molecule has 0 aliphatic rings. The molecule has 0 saturated heterocycles. The zero-order chi connectivity index (χ0) is 9.40. The van der Waals surface area contributed by atoms with E-state index in [4.69, 9.17) is 0 Å². The lowest BCUT2D eigenvalue weighted by Gasteiger charge is -1.94. The maximum atomic E-state index is 9.84. The van der Waals surface area contributed by atoms with E-state index >= 15 is 0 Å². The second kappa shape index (κ2) is 6.51. The summed E-state index contributed by atoms with van der Waals surface area (Å²) in [7, 11) is 0. The van der Waals surface area contributed by atoms with E-state index in [9.17, 15) is 20.2 Å². The van der Waals surface area contributed by atoms with Crippen LogP contribution in [0.4, 0.5) is 0 Å². The molecule has 0 bridgehead atoms. The van der Waals surface area contributed by atoms with E-state index in [0.29, 0.717) is 25.7 Å². The van der Waals surface area contributed by atoms with Crippen molar-refractivity contribution in [3.05, 3.63) is 20.2 Å². The lowest BCUT2D eigenvalue weighted by atomic mass is 10.2. The van der Waals surface area contributed by atoms with Crippen molar-refractivity contribution >= 4 is 0 Å². The van der Waals surface area contributed by atoms with Crippen molar-refractivity contribution in [2.75, 3.05) is 13.1 Å².